The molecule has 0 spiro atoms. The first-order valence-corrected chi connectivity index (χ1v) is 8.61. The maximum atomic E-state index is 5.57. The molecule has 1 aliphatic heterocycles. The summed E-state index contributed by atoms with van der Waals surface area (Å²) < 4.78 is 0. The van der Waals surface area contributed by atoms with E-state index in [-0.39, 0.29) is 12.1 Å². The van der Waals surface area contributed by atoms with E-state index in [2.05, 4.69) is 45.7 Å². The van der Waals surface area contributed by atoms with Gasteiger partial charge >= 0.3 is 0 Å². The summed E-state index contributed by atoms with van der Waals surface area (Å²) in [4.78, 5) is 8.19. The second-order valence-corrected chi connectivity index (χ2v) is 6.55. The SMILES string of the molecule is CCCCN1C(=S)NC(c2ccccn2)C1c1cccs1. The van der Waals surface area contributed by atoms with Crippen molar-refractivity contribution in [2.45, 2.75) is 31.8 Å². The zero-order chi connectivity index (χ0) is 14.7. The van der Waals surface area contributed by atoms with Crippen LogP contribution in [-0.4, -0.2) is 21.5 Å². The Morgan fingerprint density at radius 3 is 2.90 bits per heavy atom. The molecule has 0 radical (unpaired) electrons. The van der Waals surface area contributed by atoms with Crippen molar-refractivity contribution in [3.8, 4) is 0 Å². The third-order valence-corrected chi connectivity index (χ3v) is 5.08. The van der Waals surface area contributed by atoms with Gasteiger partial charge < -0.3 is 10.2 Å². The molecule has 1 fully saturated rings. The van der Waals surface area contributed by atoms with Gasteiger partial charge in [-0.05, 0) is 42.2 Å². The molecule has 1 aliphatic rings. The molecule has 0 aliphatic carbocycles. The van der Waals surface area contributed by atoms with Crippen LogP contribution in [0, 0.1) is 0 Å². The summed E-state index contributed by atoms with van der Waals surface area (Å²) in [5.41, 5.74) is 1.05. The molecule has 2 aromatic heterocycles. The number of hydrogen-bond acceptors (Lipinski definition) is 3. The number of hydrogen-bond donors (Lipinski definition) is 1. The van der Waals surface area contributed by atoms with E-state index in [1.807, 2.05) is 18.3 Å². The minimum Gasteiger partial charge on any atom is -0.352 e. The van der Waals surface area contributed by atoms with Crippen molar-refractivity contribution < 1.29 is 0 Å². The van der Waals surface area contributed by atoms with E-state index in [0.717, 1.165) is 23.8 Å². The quantitative estimate of drug-likeness (QED) is 0.846. The molecule has 1 saturated heterocycles. The summed E-state index contributed by atoms with van der Waals surface area (Å²) in [7, 11) is 0. The highest BCUT2D eigenvalue weighted by Crippen LogP contribution is 2.40. The van der Waals surface area contributed by atoms with Crippen molar-refractivity contribution in [1.29, 1.82) is 0 Å². The van der Waals surface area contributed by atoms with Crippen LogP contribution in [0.5, 0.6) is 0 Å². The Morgan fingerprint density at radius 1 is 1.33 bits per heavy atom. The number of thiocarbonyl (C=S) groups is 1. The number of rotatable bonds is 5. The minimum absolute atomic E-state index is 0.134. The van der Waals surface area contributed by atoms with Crippen LogP contribution < -0.4 is 5.32 Å². The molecule has 0 aromatic carbocycles. The lowest BCUT2D eigenvalue weighted by Crippen LogP contribution is -2.30. The predicted octanol–water partition coefficient (Wildman–Crippen LogP) is 3.92. The Balaban J connectivity index is 1.94. The molecule has 3 heterocycles. The first-order valence-electron chi connectivity index (χ1n) is 7.32. The summed E-state index contributed by atoms with van der Waals surface area (Å²) in [5, 5.41) is 6.44. The second kappa shape index (κ2) is 6.54. The molecule has 2 unspecified atom stereocenters. The van der Waals surface area contributed by atoms with Gasteiger partial charge in [0.2, 0.25) is 0 Å². The van der Waals surface area contributed by atoms with Gasteiger partial charge in [-0.25, -0.2) is 0 Å². The number of nitrogens with one attached hydrogen (secondary N) is 1. The number of pyridine rings is 1. The smallest absolute Gasteiger partial charge is 0.170 e. The Morgan fingerprint density at radius 2 is 2.24 bits per heavy atom. The lowest BCUT2D eigenvalue weighted by atomic mass is 10.0. The molecule has 110 valence electrons. The van der Waals surface area contributed by atoms with E-state index >= 15 is 0 Å². The number of thiophene rings is 1. The monoisotopic (exact) mass is 317 g/mol. The number of aromatic nitrogens is 1. The average molecular weight is 317 g/mol. The summed E-state index contributed by atoms with van der Waals surface area (Å²) in [6, 6.07) is 10.7. The van der Waals surface area contributed by atoms with Crippen LogP contribution in [0.1, 0.15) is 42.4 Å². The van der Waals surface area contributed by atoms with E-state index in [4.69, 9.17) is 12.2 Å². The normalized spacial score (nSPS) is 21.6. The molecule has 0 amide bonds. The molecule has 21 heavy (non-hydrogen) atoms. The van der Waals surface area contributed by atoms with E-state index in [1.165, 1.54) is 11.3 Å². The molecule has 1 N–H and O–H groups in total. The standard InChI is InChI=1S/C16H19N3S2/c1-2-3-10-19-15(13-8-6-11-21-13)14(18-16(19)20)12-7-4-5-9-17-12/h4-9,11,14-15H,2-3,10H2,1H3,(H,18,20). The van der Waals surface area contributed by atoms with Gasteiger partial charge in [0, 0.05) is 17.6 Å². The molecule has 2 aromatic rings. The van der Waals surface area contributed by atoms with Gasteiger partial charge in [0.25, 0.3) is 0 Å². The van der Waals surface area contributed by atoms with Crippen molar-refractivity contribution in [2.75, 3.05) is 6.54 Å². The topological polar surface area (TPSA) is 28.2 Å². The lowest BCUT2D eigenvalue weighted by Gasteiger charge is -2.26. The fourth-order valence-electron chi connectivity index (χ4n) is 2.74. The van der Waals surface area contributed by atoms with Crippen molar-refractivity contribution in [3.05, 3.63) is 52.5 Å². The van der Waals surface area contributed by atoms with Crippen LogP contribution in [0.2, 0.25) is 0 Å². The van der Waals surface area contributed by atoms with E-state index in [1.54, 1.807) is 11.3 Å². The summed E-state index contributed by atoms with van der Waals surface area (Å²) in [6.07, 6.45) is 4.17. The van der Waals surface area contributed by atoms with Gasteiger partial charge in [0.05, 0.1) is 17.8 Å². The van der Waals surface area contributed by atoms with Gasteiger partial charge in [-0.2, -0.15) is 0 Å². The van der Waals surface area contributed by atoms with Crippen LogP contribution >= 0.6 is 23.6 Å². The number of nitrogens with zero attached hydrogens (tertiary/aromatic N) is 2. The van der Waals surface area contributed by atoms with E-state index < -0.39 is 0 Å². The maximum Gasteiger partial charge on any atom is 0.170 e. The van der Waals surface area contributed by atoms with Crippen LogP contribution in [0.15, 0.2) is 41.9 Å². The molecule has 0 saturated carbocycles. The minimum atomic E-state index is 0.134. The van der Waals surface area contributed by atoms with Crippen molar-refractivity contribution in [3.63, 3.8) is 0 Å². The summed E-state index contributed by atoms with van der Waals surface area (Å²) in [5.74, 6) is 0. The summed E-state index contributed by atoms with van der Waals surface area (Å²) >= 11 is 7.36. The zero-order valence-electron chi connectivity index (χ0n) is 12.0. The van der Waals surface area contributed by atoms with Crippen molar-refractivity contribution in [2.24, 2.45) is 0 Å². The van der Waals surface area contributed by atoms with Gasteiger partial charge in [-0.3, -0.25) is 4.98 Å². The van der Waals surface area contributed by atoms with Crippen molar-refractivity contribution in [1.82, 2.24) is 15.2 Å². The molecule has 0 bridgehead atoms. The van der Waals surface area contributed by atoms with Crippen molar-refractivity contribution >= 4 is 28.7 Å². The third-order valence-electron chi connectivity index (χ3n) is 3.79. The fourth-order valence-corrected chi connectivity index (χ4v) is 3.95. The van der Waals surface area contributed by atoms with Crippen LogP contribution in [-0.2, 0) is 0 Å². The molecule has 5 heteroatoms. The Kier molecular flexibility index (Phi) is 4.51. The van der Waals surface area contributed by atoms with Crippen LogP contribution in [0.3, 0.4) is 0 Å². The third kappa shape index (κ3) is 2.94. The molecule has 2 atom stereocenters. The second-order valence-electron chi connectivity index (χ2n) is 5.19. The van der Waals surface area contributed by atoms with Gasteiger partial charge in [-0.15, -0.1) is 11.3 Å². The molecule has 3 rings (SSSR count). The summed E-state index contributed by atoms with van der Waals surface area (Å²) in [6.45, 7) is 3.21. The highest BCUT2D eigenvalue weighted by molar-refractivity contribution is 7.80. The van der Waals surface area contributed by atoms with E-state index in [9.17, 15) is 0 Å². The predicted molar refractivity (Wildman–Crippen MR) is 91.4 cm³/mol. The Bertz CT molecular complexity index is 583. The first-order chi connectivity index (χ1) is 10.3. The largest absolute Gasteiger partial charge is 0.352 e. The first kappa shape index (κ1) is 14.5. The highest BCUT2D eigenvalue weighted by atomic mass is 32.1. The average Bonchev–Trinajstić information content (AvgIpc) is 3.13. The van der Waals surface area contributed by atoms with Crippen LogP contribution in [0.4, 0.5) is 0 Å². The molecule has 3 nitrogen and oxygen atoms in total. The lowest BCUT2D eigenvalue weighted by molar-refractivity contribution is 0.317. The molecular weight excluding hydrogens is 298 g/mol. The zero-order valence-corrected chi connectivity index (χ0v) is 13.7. The molecular formula is C16H19N3S2. The Hall–Kier alpha value is -1.46. The Labute approximate surface area is 135 Å². The van der Waals surface area contributed by atoms with E-state index in [0.29, 0.717) is 0 Å². The van der Waals surface area contributed by atoms with Gasteiger partial charge in [0.15, 0.2) is 5.11 Å². The number of unbranched alkanes of at least 4 members (excludes halogenated alkanes) is 1. The maximum absolute atomic E-state index is 5.57. The fraction of sp³-hybridized carbons (Fsp3) is 0.375. The van der Waals surface area contributed by atoms with Gasteiger partial charge in [-0.1, -0.05) is 25.5 Å². The van der Waals surface area contributed by atoms with Crippen LogP contribution in [0.25, 0.3) is 0 Å². The van der Waals surface area contributed by atoms with Gasteiger partial charge in [0.1, 0.15) is 0 Å². The highest BCUT2D eigenvalue weighted by Gasteiger charge is 2.39.